The third-order valence-electron chi connectivity index (χ3n) is 3.83. The number of amides is 1. The van der Waals surface area contributed by atoms with Crippen LogP contribution in [0, 0.1) is 5.82 Å². The lowest BCUT2D eigenvalue weighted by molar-refractivity contribution is -0.129. The molecule has 1 amide bonds. The predicted octanol–water partition coefficient (Wildman–Crippen LogP) is 4.60. The van der Waals surface area contributed by atoms with Crippen LogP contribution in [0.15, 0.2) is 42.5 Å². The Morgan fingerprint density at radius 3 is 2.42 bits per heavy atom. The Hall–Kier alpha value is -2.11. The number of rotatable bonds is 6. The third-order valence-corrected chi connectivity index (χ3v) is 4.44. The van der Waals surface area contributed by atoms with Crippen LogP contribution in [0.1, 0.15) is 35.7 Å². The molecule has 0 aliphatic rings. The van der Waals surface area contributed by atoms with Crippen molar-refractivity contribution in [3.63, 3.8) is 0 Å². The lowest BCUT2D eigenvalue weighted by Crippen LogP contribution is -2.37. The number of carbonyl (C=O) groups excluding carboxylic acids is 2. The summed E-state index contributed by atoms with van der Waals surface area (Å²) in [5.74, 6) is -2.05. The molecule has 4 nitrogen and oxygen atoms in total. The molecule has 2 aromatic rings. The van der Waals surface area contributed by atoms with Gasteiger partial charge in [-0.25, -0.2) is 9.18 Å². The molecule has 0 aliphatic carbocycles. The molecule has 1 N–H and O–H groups in total. The van der Waals surface area contributed by atoms with Crippen LogP contribution in [-0.2, 0) is 9.53 Å². The van der Waals surface area contributed by atoms with Crippen molar-refractivity contribution in [1.82, 2.24) is 5.32 Å². The molecular formula is C19H18Cl2FNO3. The number of benzene rings is 2. The van der Waals surface area contributed by atoms with Gasteiger partial charge in [0.05, 0.1) is 15.6 Å². The lowest BCUT2D eigenvalue weighted by atomic mass is 10.0. The van der Waals surface area contributed by atoms with E-state index in [0.717, 1.165) is 17.7 Å². The number of esters is 1. The molecule has 0 bridgehead atoms. The first-order chi connectivity index (χ1) is 12.3. The van der Waals surface area contributed by atoms with E-state index in [1.54, 1.807) is 0 Å². The molecule has 2 atom stereocenters. The van der Waals surface area contributed by atoms with Gasteiger partial charge in [0.25, 0.3) is 5.91 Å². The number of hydrogen-bond donors (Lipinski definition) is 1. The molecule has 0 radical (unpaired) electrons. The quantitative estimate of drug-likeness (QED) is 0.572. The normalized spacial score (nSPS) is 13.0. The van der Waals surface area contributed by atoms with Gasteiger partial charge in [0.2, 0.25) is 0 Å². The standard InChI is InChI=1S/C19H18Cl2FNO3/c1-11(13-6-4-3-5-7-13)10-23-18(24)12(2)26-19(25)14-8-17(22)16(21)9-15(14)20/h3-9,11-12H,10H2,1-2H3,(H,23,24)/t11-,12+/m0/s1. The van der Waals surface area contributed by atoms with Gasteiger partial charge in [-0.15, -0.1) is 0 Å². The summed E-state index contributed by atoms with van der Waals surface area (Å²) in [4.78, 5) is 24.2. The third kappa shape index (κ3) is 5.19. The molecule has 0 saturated heterocycles. The Bertz CT molecular complexity index is 799. The molecule has 0 fully saturated rings. The van der Waals surface area contributed by atoms with Gasteiger partial charge in [0.1, 0.15) is 5.82 Å². The first kappa shape index (κ1) is 20.2. The van der Waals surface area contributed by atoms with Crippen molar-refractivity contribution in [2.24, 2.45) is 0 Å². The van der Waals surface area contributed by atoms with Gasteiger partial charge in [0, 0.05) is 6.54 Å². The summed E-state index contributed by atoms with van der Waals surface area (Å²) in [7, 11) is 0. The van der Waals surface area contributed by atoms with E-state index < -0.39 is 23.8 Å². The highest BCUT2D eigenvalue weighted by Crippen LogP contribution is 2.25. The van der Waals surface area contributed by atoms with Crippen molar-refractivity contribution < 1.29 is 18.7 Å². The van der Waals surface area contributed by atoms with Crippen molar-refractivity contribution >= 4 is 35.1 Å². The van der Waals surface area contributed by atoms with Gasteiger partial charge in [-0.3, -0.25) is 4.79 Å². The monoisotopic (exact) mass is 397 g/mol. The lowest BCUT2D eigenvalue weighted by Gasteiger charge is -2.17. The second kappa shape index (κ2) is 9.01. The van der Waals surface area contributed by atoms with E-state index in [0.29, 0.717) is 6.54 Å². The second-order valence-corrected chi connectivity index (χ2v) is 6.66. The highest BCUT2D eigenvalue weighted by Gasteiger charge is 2.22. The molecule has 2 aromatic carbocycles. The molecule has 7 heteroatoms. The Morgan fingerprint density at radius 2 is 1.77 bits per heavy atom. The summed E-state index contributed by atoms with van der Waals surface area (Å²) in [5, 5.41) is 2.48. The maximum atomic E-state index is 13.5. The summed E-state index contributed by atoms with van der Waals surface area (Å²) in [6.45, 7) is 3.80. The van der Waals surface area contributed by atoms with Crippen LogP contribution < -0.4 is 5.32 Å². The van der Waals surface area contributed by atoms with Crippen LogP contribution in [0.2, 0.25) is 10.0 Å². The zero-order chi connectivity index (χ0) is 19.3. The van der Waals surface area contributed by atoms with Crippen LogP contribution >= 0.6 is 23.2 Å². The summed E-state index contributed by atoms with van der Waals surface area (Å²) in [6, 6.07) is 11.7. The Labute approximate surface area is 161 Å². The van der Waals surface area contributed by atoms with Crippen molar-refractivity contribution in [3.05, 3.63) is 69.5 Å². The van der Waals surface area contributed by atoms with Crippen LogP contribution in [0.25, 0.3) is 0 Å². The summed E-state index contributed by atoms with van der Waals surface area (Å²) >= 11 is 11.5. The van der Waals surface area contributed by atoms with Gasteiger partial charge in [-0.05, 0) is 30.5 Å². The Morgan fingerprint density at radius 1 is 1.12 bits per heavy atom. The minimum absolute atomic E-state index is 0.0493. The minimum Gasteiger partial charge on any atom is -0.449 e. The van der Waals surface area contributed by atoms with Gasteiger partial charge in [0.15, 0.2) is 6.10 Å². The molecule has 138 valence electrons. The number of carbonyl (C=O) groups is 2. The van der Waals surface area contributed by atoms with Crippen LogP contribution in [0.4, 0.5) is 4.39 Å². The topological polar surface area (TPSA) is 55.4 Å². The fourth-order valence-corrected chi connectivity index (χ4v) is 2.71. The van der Waals surface area contributed by atoms with Gasteiger partial charge < -0.3 is 10.1 Å². The number of ether oxygens (including phenoxy) is 1. The molecule has 2 rings (SSSR count). The fourth-order valence-electron chi connectivity index (χ4n) is 2.25. The highest BCUT2D eigenvalue weighted by molar-refractivity contribution is 6.36. The van der Waals surface area contributed by atoms with E-state index in [1.165, 1.54) is 6.92 Å². The summed E-state index contributed by atoms with van der Waals surface area (Å²) in [5.41, 5.74) is 0.895. The summed E-state index contributed by atoms with van der Waals surface area (Å²) in [6.07, 6.45) is -1.06. The van der Waals surface area contributed by atoms with E-state index in [2.05, 4.69) is 5.32 Å². The van der Waals surface area contributed by atoms with E-state index in [-0.39, 0.29) is 21.5 Å². The molecule has 0 aliphatic heterocycles. The SMILES string of the molecule is C[C@@H](OC(=O)c1cc(F)c(Cl)cc1Cl)C(=O)NC[C@H](C)c1ccccc1. The zero-order valence-corrected chi connectivity index (χ0v) is 15.8. The van der Waals surface area contributed by atoms with Crippen molar-refractivity contribution in [2.75, 3.05) is 6.54 Å². The molecule has 0 aromatic heterocycles. The van der Waals surface area contributed by atoms with Crippen molar-refractivity contribution in [3.8, 4) is 0 Å². The van der Waals surface area contributed by atoms with Gasteiger partial charge in [-0.2, -0.15) is 0 Å². The largest absolute Gasteiger partial charge is 0.449 e. The first-order valence-electron chi connectivity index (χ1n) is 7.97. The van der Waals surface area contributed by atoms with Gasteiger partial charge in [-0.1, -0.05) is 60.5 Å². The number of hydrogen-bond acceptors (Lipinski definition) is 3. The molecule has 0 saturated carbocycles. The van der Waals surface area contributed by atoms with E-state index in [9.17, 15) is 14.0 Å². The second-order valence-electron chi connectivity index (χ2n) is 5.85. The minimum atomic E-state index is -1.06. The average molecular weight is 398 g/mol. The Kier molecular flexibility index (Phi) is 7.00. The van der Waals surface area contributed by atoms with E-state index in [1.807, 2.05) is 37.3 Å². The number of nitrogens with one attached hydrogen (secondary N) is 1. The smallest absolute Gasteiger partial charge is 0.340 e. The molecule has 0 heterocycles. The maximum absolute atomic E-state index is 13.5. The van der Waals surface area contributed by atoms with E-state index >= 15 is 0 Å². The fraction of sp³-hybridized carbons (Fsp3) is 0.263. The first-order valence-corrected chi connectivity index (χ1v) is 8.73. The molecule has 0 spiro atoms. The van der Waals surface area contributed by atoms with Crippen LogP contribution in [0.5, 0.6) is 0 Å². The van der Waals surface area contributed by atoms with E-state index in [4.69, 9.17) is 27.9 Å². The van der Waals surface area contributed by atoms with Gasteiger partial charge >= 0.3 is 5.97 Å². The Balaban J connectivity index is 1.92. The molecule has 0 unspecified atom stereocenters. The maximum Gasteiger partial charge on any atom is 0.340 e. The van der Waals surface area contributed by atoms with Crippen LogP contribution in [0.3, 0.4) is 0 Å². The van der Waals surface area contributed by atoms with Crippen LogP contribution in [-0.4, -0.2) is 24.5 Å². The molecular weight excluding hydrogens is 380 g/mol. The summed E-state index contributed by atoms with van der Waals surface area (Å²) < 4.78 is 18.6. The molecule has 26 heavy (non-hydrogen) atoms. The number of halogens is 3. The highest BCUT2D eigenvalue weighted by atomic mass is 35.5. The zero-order valence-electron chi connectivity index (χ0n) is 14.3. The van der Waals surface area contributed by atoms with Crippen molar-refractivity contribution in [1.29, 1.82) is 0 Å². The van der Waals surface area contributed by atoms with Crippen molar-refractivity contribution in [2.45, 2.75) is 25.9 Å². The predicted molar refractivity (Wildman–Crippen MR) is 99.2 cm³/mol. The average Bonchev–Trinajstić information content (AvgIpc) is 2.62.